The van der Waals surface area contributed by atoms with Gasteiger partial charge >= 0.3 is 11.7 Å². The van der Waals surface area contributed by atoms with Gasteiger partial charge in [-0.15, -0.1) is 0 Å². The first-order valence-electron chi connectivity index (χ1n) is 9.03. The van der Waals surface area contributed by atoms with E-state index >= 15 is 0 Å². The smallest absolute Gasteiger partial charge is 0.336 e. The summed E-state index contributed by atoms with van der Waals surface area (Å²) in [6.45, 7) is 3.46. The van der Waals surface area contributed by atoms with Crippen molar-refractivity contribution >= 4 is 22.7 Å². The quantitative estimate of drug-likeness (QED) is 0.853. The first kappa shape index (κ1) is 16.1. The van der Waals surface area contributed by atoms with Crippen LogP contribution < -0.4 is 10.9 Å². The summed E-state index contributed by atoms with van der Waals surface area (Å²) in [5.74, 6) is 0. The predicted molar refractivity (Wildman–Crippen MR) is 96.9 cm³/mol. The molecule has 1 saturated carbocycles. The van der Waals surface area contributed by atoms with Crippen LogP contribution in [0.3, 0.4) is 0 Å². The molecule has 0 unspecified atom stereocenters. The maximum absolute atomic E-state index is 12.5. The van der Waals surface area contributed by atoms with Gasteiger partial charge in [0.1, 0.15) is 5.58 Å². The lowest BCUT2D eigenvalue weighted by Gasteiger charge is -2.38. The number of nitrogens with one attached hydrogen (secondary N) is 1. The van der Waals surface area contributed by atoms with Gasteiger partial charge in [-0.05, 0) is 37.1 Å². The Morgan fingerprint density at radius 1 is 1.04 bits per heavy atom. The number of urea groups is 1. The Bertz CT molecular complexity index is 818. The second-order valence-electron chi connectivity index (χ2n) is 6.90. The Kier molecular flexibility index (Phi) is 4.44. The third-order valence-corrected chi connectivity index (χ3v) is 5.31. The van der Waals surface area contributed by atoms with Crippen molar-refractivity contribution in [2.24, 2.45) is 0 Å². The number of rotatable bonds is 2. The molecule has 0 bridgehead atoms. The first-order valence-corrected chi connectivity index (χ1v) is 9.03. The molecule has 6 heteroatoms. The van der Waals surface area contributed by atoms with E-state index in [1.807, 2.05) is 11.0 Å². The second kappa shape index (κ2) is 6.88. The molecule has 132 valence electrons. The lowest BCUT2D eigenvalue weighted by atomic mass is 10.2. The molecular weight excluding hydrogens is 318 g/mol. The normalized spacial score (nSPS) is 19.4. The first-order chi connectivity index (χ1) is 12.2. The fourth-order valence-electron chi connectivity index (χ4n) is 3.91. The van der Waals surface area contributed by atoms with Gasteiger partial charge < -0.3 is 14.6 Å². The summed E-state index contributed by atoms with van der Waals surface area (Å²) in [5, 5.41) is 3.75. The maximum Gasteiger partial charge on any atom is 0.336 e. The van der Waals surface area contributed by atoms with Crippen molar-refractivity contribution in [2.45, 2.75) is 31.7 Å². The molecule has 2 amide bonds. The molecule has 2 aliphatic rings. The number of anilines is 1. The highest BCUT2D eigenvalue weighted by Crippen LogP contribution is 2.24. The van der Waals surface area contributed by atoms with Crippen molar-refractivity contribution in [3.63, 3.8) is 0 Å². The van der Waals surface area contributed by atoms with E-state index in [2.05, 4.69) is 10.2 Å². The molecule has 2 heterocycles. The van der Waals surface area contributed by atoms with E-state index in [1.54, 1.807) is 18.2 Å². The number of benzene rings is 1. The van der Waals surface area contributed by atoms with Crippen LogP contribution in [0.25, 0.3) is 11.0 Å². The van der Waals surface area contributed by atoms with Crippen LogP contribution in [0.1, 0.15) is 25.7 Å². The van der Waals surface area contributed by atoms with E-state index in [-0.39, 0.29) is 11.7 Å². The van der Waals surface area contributed by atoms with Crippen LogP contribution in [0.5, 0.6) is 0 Å². The fourth-order valence-corrected chi connectivity index (χ4v) is 3.91. The molecule has 25 heavy (non-hydrogen) atoms. The number of amides is 2. The van der Waals surface area contributed by atoms with Crippen molar-refractivity contribution in [2.75, 3.05) is 31.5 Å². The lowest BCUT2D eigenvalue weighted by molar-refractivity contribution is 0.115. The van der Waals surface area contributed by atoms with Crippen molar-refractivity contribution in [1.82, 2.24) is 9.80 Å². The zero-order valence-electron chi connectivity index (χ0n) is 14.2. The standard InChI is InChI=1S/C19H23N3O3/c23-18-8-5-14-13-15(6-7-17(14)25-18)20-19(24)22-11-9-21(10-12-22)16-3-1-2-4-16/h5-8,13,16H,1-4,9-12H2,(H,20,24). The molecule has 6 nitrogen and oxygen atoms in total. The number of piperazine rings is 1. The van der Waals surface area contributed by atoms with Gasteiger partial charge in [0.2, 0.25) is 0 Å². The van der Waals surface area contributed by atoms with E-state index in [0.717, 1.165) is 37.6 Å². The summed E-state index contributed by atoms with van der Waals surface area (Å²) < 4.78 is 5.11. The van der Waals surface area contributed by atoms with Crippen LogP contribution in [0.15, 0.2) is 39.5 Å². The average molecular weight is 341 g/mol. The second-order valence-corrected chi connectivity index (χ2v) is 6.90. The van der Waals surface area contributed by atoms with Crippen molar-refractivity contribution in [3.8, 4) is 0 Å². The highest BCUT2D eigenvalue weighted by Gasteiger charge is 2.27. The highest BCUT2D eigenvalue weighted by molar-refractivity contribution is 5.92. The van der Waals surface area contributed by atoms with E-state index in [9.17, 15) is 9.59 Å². The molecule has 1 aliphatic carbocycles. The molecule has 1 aromatic heterocycles. The molecule has 0 spiro atoms. The van der Waals surface area contributed by atoms with Gasteiger partial charge in [0.25, 0.3) is 0 Å². The molecule has 0 radical (unpaired) electrons. The predicted octanol–water partition coefficient (Wildman–Crippen LogP) is 2.89. The van der Waals surface area contributed by atoms with Gasteiger partial charge in [0.05, 0.1) is 0 Å². The molecule has 1 aromatic carbocycles. The number of hydrogen-bond acceptors (Lipinski definition) is 4. The summed E-state index contributed by atoms with van der Waals surface area (Å²) in [6.07, 6.45) is 5.29. The third-order valence-electron chi connectivity index (χ3n) is 5.31. The Labute approximate surface area is 146 Å². The summed E-state index contributed by atoms with van der Waals surface area (Å²) in [7, 11) is 0. The van der Waals surface area contributed by atoms with E-state index in [4.69, 9.17) is 4.42 Å². The number of nitrogens with zero attached hydrogens (tertiary/aromatic N) is 2. The molecule has 4 rings (SSSR count). The molecule has 0 atom stereocenters. The van der Waals surface area contributed by atoms with Crippen LogP contribution in [-0.4, -0.2) is 48.1 Å². The number of fused-ring (bicyclic) bond motifs is 1. The van der Waals surface area contributed by atoms with E-state index < -0.39 is 0 Å². The van der Waals surface area contributed by atoms with Gasteiger partial charge in [0.15, 0.2) is 0 Å². The van der Waals surface area contributed by atoms with Crippen LogP contribution in [0.2, 0.25) is 0 Å². The Hall–Kier alpha value is -2.34. The van der Waals surface area contributed by atoms with Crippen LogP contribution in [0.4, 0.5) is 10.5 Å². The van der Waals surface area contributed by atoms with Crippen LogP contribution in [-0.2, 0) is 0 Å². The van der Waals surface area contributed by atoms with Crippen LogP contribution >= 0.6 is 0 Å². The Balaban J connectivity index is 1.37. The molecule has 1 saturated heterocycles. The molecule has 1 aliphatic heterocycles. The summed E-state index contributed by atoms with van der Waals surface area (Å²) in [5.41, 5.74) is 0.865. The van der Waals surface area contributed by atoms with Crippen molar-refractivity contribution < 1.29 is 9.21 Å². The summed E-state index contributed by atoms with van der Waals surface area (Å²) in [4.78, 5) is 28.1. The van der Waals surface area contributed by atoms with Crippen molar-refractivity contribution in [3.05, 3.63) is 40.8 Å². The van der Waals surface area contributed by atoms with Gasteiger partial charge in [-0.3, -0.25) is 4.90 Å². The SMILES string of the molecule is O=C(Nc1ccc2oc(=O)ccc2c1)N1CCN(C2CCCC2)CC1. The fraction of sp³-hybridized carbons (Fsp3) is 0.474. The molecule has 1 N–H and O–H groups in total. The van der Waals surface area contributed by atoms with Crippen molar-refractivity contribution in [1.29, 1.82) is 0 Å². The third kappa shape index (κ3) is 3.54. The van der Waals surface area contributed by atoms with Gasteiger partial charge in [-0.2, -0.15) is 0 Å². The number of carbonyl (C=O) groups is 1. The Morgan fingerprint density at radius 3 is 2.56 bits per heavy atom. The largest absolute Gasteiger partial charge is 0.423 e. The monoisotopic (exact) mass is 341 g/mol. The van der Waals surface area contributed by atoms with Crippen LogP contribution in [0, 0.1) is 0 Å². The molecular formula is C19H23N3O3. The number of hydrogen-bond donors (Lipinski definition) is 1. The minimum absolute atomic E-state index is 0.0668. The Morgan fingerprint density at radius 2 is 1.80 bits per heavy atom. The lowest BCUT2D eigenvalue weighted by Crippen LogP contribution is -2.52. The summed E-state index contributed by atoms with van der Waals surface area (Å²) >= 11 is 0. The van der Waals surface area contributed by atoms with E-state index in [1.165, 1.54) is 31.7 Å². The van der Waals surface area contributed by atoms with E-state index in [0.29, 0.717) is 11.3 Å². The highest BCUT2D eigenvalue weighted by atomic mass is 16.4. The number of carbonyl (C=O) groups excluding carboxylic acids is 1. The molecule has 2 fully saturated rings. The van der Waals surface area contributed by atoms with Gasteiger partial charge in [-0.1, -0.05) is 12.8 Å². The molecule has 2 aromatic rings. The van der Waals surface area contributed by atoms with Gasteiger partial charge in [-0.25, -0.2) is 9.59 Å². The minimum Gasteiger partial charge on any atom is -0.423 e. The minimum atomic E-state index is -0.371. The zero-order valence-corrected chi connectivity index (χ0v) is 14.2. The summed E-state index contributed by atoms with van der Waals surface area (Å²) in [6, 6.07) is 9.05. The maximum atomic E-state index is 12.5. The average Bonchev–Trinajstić information content (AvgIpc) is 3.17. The zero-order chi connectivity index (χ0) is 17.2. The topological polar surface area (TPSA) is 65.8 Å². The van der Waals surface area contributed by atoms with Gasteiger partial charge in [0, 0.05) is 49.4 Å².